The highest BCUT2D eigenvalue weighted by Crippen LogP contribution is 2.24. The van der Waals surface area contributed by atoms with Gasteiger partial charge in [-0.3, -0.25) is 4.79 Å². The summed E-state index contributed by atoms with van der Waals surface area (Å²) >= 11 is 0. The zero-order valence-electron chi connectivity index (χ0n) is 14.9. The van der Waals surface area contributed by atoms with Crippen LogP contribution in [0.3, 0.4) is 0 Å². The fraction of sp³-hybridized carbons (Fsp3) is 0.158. The van der Waals surface area contributed by atoms with Crippen molar-refractivity contribution in [3.63, 3.8) is 0 Å². The minimum atomic E-state index is -0.634. The highest BCUT2D eigenvalue weighted by atomic mass is 16.7. The summed E-state index contributed by atoms with van der Waals surface area (Å²) in [5, 5.41) is 8.74. The number of rotatable bonds is 5. The van der Waals surface area contributed by atoms with E-state index in [4.69, 9.17) is 9.57 Å². The minimum absolute atomic E-state index is 0.0969. The normalized spacial score (nSPS) is 15.4. The smallest absolute Gasteiger partial charge is 0.378 e. The molecule has 27 heavy (non-hydrogen) atoms. The lowest BCUT2D eigenvalue weighted by Crippen LogP contribution is -2.28. The van der Waals surface area contributed by atoms with Crippen LogP contribution in [0, 0.1) is 6.92 Å². The largest absolute Gasteiger partial charge is 0.494 e. The SMILES string of the molecule is CCOc1ccc(N2NOC(=O)/C2=C\N=NC(=O)c2ccc(C)cc2)cc1. The Morgan fingerprint density at radius 3 is 2.56 bits per heavy atom. The Kier molecular flexibility index (Phi) is 5.58. The first-order valence-corrected chi connectivity index (χ1v) is 8.30. The van der Waals surface area contributed by atoms with E-state index < -0.39 is 11.9 Å². The van der Waals surface area contributed by atoms with Gasteiger partial charge in [-0.05, 0) is 50.2 Å². The molecule has 0 aliphatic carbocycles. The predicted octanol–water partition coefficient (Wildman–Crippen LogP) is 3.31. The summed E-state index contributed by atoms with van der Waals surface area (Å²) in [5.41, 5.74) is 4.67. The van der Waals surface area contributed by atoms with Gasteiger partial charge in [0.1, 0.15) is 5.75 Å². The Hall–Kier alpha value is -3.52. The van der Waals surface area contributed by atoms with Crippen LogP contribution in [0.4, 0.5) is 5.69 Å². The molecule has 0 atom stereocenters. The van der Waals surface area contributed by atoms with Crippen molar-refractivity contribution in [2.24, 2.45) is 10.2 Å². The van der Waals surface area contributed by atoms with Gasteiger partial charge in [0.05, 0.1) is 18.5 Å². The van der Waals surface area contributed by atoms with Crippen molar-refractivity contribution in [3.05, 3.63) is 71.6 Å². The number of amides is 1. The second kappa shape index (κ2) is 8.24. The predicted molar refractivity (Wildman–Crippen MR) is 97.8 cm³/mol. The number of nitrogens with zero attached hydrogens (tertiary/aromatic N) is 3. The average molecular weight is 366 g/mol. The summed E-state index contributed by atoms with van der Waals surface area (Å²) in [6, 6.07) is 14.0. The van der Waals surface area contributed by atoms with Crippen molar-refractivity contribution < 1.29 is 19.2 Å². The molecular formula is C19H18N4O4. The molecule has 0 aromatic heterocycles. The molecule has 1 N–H and O–H groups in total. The van der Waals surface area contributed by atoms with Crippen LogP contribution in [0.15, 0.2) is 70.7 Å². The minimum Gasteiger partial charge on any atom is -0.494 e. The summed E-state index contributed by atoms with van der Waals surface area (Å²) in [7, 11) is 0. The van der Waals surface area contributed by atoms with E-state index >= 15 is 0 Å². The van der Waals surface area contributed by atoms with E-state index in [0.717, 1.165) is 5.56 Å². The molecule has 1 aliphatic heterocycles. The molecule has 1 aliphatic rings. The van der Waals surface area contributed by atoms with Crippen LogP contribution >= 0.6 is 0 Å². The molecule has 0 bridgehead atoms. The fourth-order valence-corrected chi connectivity index (χ4v) is 2.33. The van der Waals surface area contributed by atoms with Crippen molar-refractivity contribution in [1.29, 1.82) is 0 Å². The number of azo groups is 1. The lowest BCUT2D eigenvalue weighted by atomic mass is 10.1. The lowest BCUT2D eigenvalue weighted by Gasteiger charge is -2.15. The molecule has 0 saturated carbocycles. The number of benzene rings is 2. The maximum Gasteiger partial charge on any atom is 0.378 e. The van der Waals surface area contributed by atoms with E-state index in [2.05, 4.69) is 15.8 Å². The molecule has 1 saturated heterocycles. The molecule has 0 spiro atoms. The van der Waals surface area contributed by atoms with Gasteiger partial charge in [0.25, 0.3) is 5.91 Å². The highest BCUT2D eigenvalue weighted by molar-refractivity contribution is 5.95. The topological polar surface area (TPSA) is 92.6 Å². The standard InChI is InChI=1S/C19H18N4O4/c1-3-26-16-10-8-15(9-11-16)23-17(19(25)27-22-23)12-20-21-18(24)14-6-4-13(2)5-7-14/h4-12,22H,3H2,1-2H3/b17-12+,21-20?. The first-order valence-electron chi connectivity index (χ1n) is 8.30. The number of hydrazine groups is 1. The third kappa shape index (κ3) is 4.36. The van der Waals surface area contributed by atoms with E-state index in [-0.39, 0.29) is 5.70 Å². The first-order chi connectivity index (χ1) is 13.1. The number of carbonyl (C=O) groups excluding carboxylic acids is 2. The van der Waals surface area contributed by atoms with Gasteiger partial charge in [0.2, 0.25) is 0 Å². The zero-order valence-corrected chi connectivity index (χ0v) is 14.9. The Bertz CT molecular complexity index is 889. The molecule has 1 heterocycles. The van der Waals surface area contributed by atoms with Gasteiger partial charge in [0.15, 0.2) is 5.70 Å². The molecule has 1 fully saturated rings. The monoisotopic (exact) mass is 366 g/mol. The number of carbonyl (C=O) groups is 2. The summed E-state index contributed by atoms with van der Waals surface area (Å²) in [5.74, 6) is -0.425. The second-order valence-electron chi connectivity index (χ2n) is 5.64. The Balaban J connectivity index is 1.75. The van der Waals surface area contributed by atoms with Crippen molar-refractivity contribution in [2.75, 3.05) is 11.6 Å². The second-order valence-corrected chi connectivity index (χ2v) is 5.64. The number of hydrogen-bond donors (Lipinski definition) is 1. The molecule has 0 unspecified atom stereocenters. The molecule has 3 rings (SSSR count). The van der Waals surface area contributed by atoms with E-state index in [1.54, 1.807) is 36.4 Å². The molecule has 8 heteroatoms. The maximum atomic E-state index is 12.0. The van der Waals surface area contributed by atoms with Crippen molar-refractivity contribution in [2.45, 2.75) is 13.8 Å². The number of nitrogens with one attached hydrogen (secondary N) is 1. The Morgan fingerprint density at radius 2 is 1.89 bits per heavy atom. The molecular weight excluding hydrogens is 348 g/mol. The van der Waals surface area contributed by atoms with Crippen LogP contribution < -0.4 is 15.3 Å². The quantitative estimate of drug-likeness (QED) is 0.645. The first kappa shape index (κ1) is 18.3. The Morgan fingerprint density at radius 1 is 1.19 bits per heavy atom. The van der Waals surface area contributed by atoms with Gasteiger partial charge in [-0.25, -0.2) is 9.80 Å². The van der Waals surface area contributed by atoms with Crippen molar-refractivity contribution in [3.8, 4) is 5.75 Å². The molecule has 2 aromatic rings. The van der Waals surface area contributed by atoms with Crippen LogP contribution in [-0.4, -0.2) is 18.5 Å². The van der Waals surface area contributed by atoms with Crippen LogP contribution in [0.5, 0.6) is 5.75 Å². The number of anilines is 1. The maximum absolute atomic E-state index is 12.0. The van der Waals surface area contributed by atoms with E-state index in [1.807, 2.05) is 26.0 Å². The van der Waals surface area contributed by atoms with Gasteiger partial charge in [0, 0.05) is 5.56 Å². The van der Waals surface area contributed by atoms with Crippen LogP contribution in [0.1, 0.15) is 22.8 Å². The van der Waals surface area contributed by atoms with Crippen LogP contribution in [0.2, 0.25) is 0 Å². The van der Waals surface area contributed by atoms with E-state index in [1.165, 1.54) is 11.2 Å². The third-order valence-corrected chi connectivity index (χ3v) is 3.71. The van der Waals surface area contributed by atoms with E-state index in [9.17, 15) is 9.59 Å². The fourth-order valence-electron chi connectivity index (χ4n) is 2.33. The molecule has 2 aromatic carbocycles. The van der Waals surface area contributed by atoms with Gasteiger partial charge >= 0.3 is 5.97 Å². The summed E-state index contributed by atoms with van der Waals surface area (Å²) in [6.07, 6.45) is 1.17. The third-order valence-electron chi connectivity index (χ3n) is 3.71. The van der Waals surface area contributed by atoms with Gasteiger partial charge in [-0.1, -0.05) is 23.3 Å². The van der Waals surface area contributed by atoms with Gasteiger partial charge in [-0.15, -0.1) is 5.11 Å². The molecule has 1 amide bonds. The van der Waals surface area contributed by atoms with Crippen LogP contribution in [-0.2, 0) is 9.63 Å². The zero-order chi connectivity index (χ0) is 19.2. The highest BCUT2D eigenvalue weighted by Gasteiger charge is 2.29. The van der Waals surface area contributed by atoms with Crippen LogP contribution in [0.25, 0.3) is 0 Å². The van der Waals surface area contributed by atoms with E-state index in [0.29, 0.717) is 23.6 Å². The summed E-state index contributed by atoms with van der Waals surface area (Å²) < 4.78 is 5.39. The lowest BCUT2D eigenvalue weighted by molar-refractivity contribution is -0.140. The van der Waals surface area contributed by atoms with Gasteiger partial charge in [-0.2, -0.15) is 5.11 Å². The molecule has 8 nitrogen and oxygen atoms in total. The molecule has 138 valence electrons. The Labute approximate surface area is 156 Å². The van der Waals surface area contributed by atoms with Crippen molar-refractivity contribution in [1.82, 2.24) is 5.59 Å². The van der Waals surface area contributed by atoms with Crippen molar-refractivity contribution >= 4 is 17.6 Å². The number of ether oxygens (including phenoxy) is 1. The summed E-state index contributed by atoms with van der Waals surface area (Å²) in [6.45, 7) is 4.38. The number of hydrogen-bond acceptors (Lipinski definition) is 7. The average Bonchev–Trinajstić information content (AvgIpc) is 3.04. The van der Waals surface area contributed by atoms with Gasteiger partial charge < -0.3 is 9.57 Å². The number of aryl methyl sites for hydroxylation is 1. The molecule has 0 radical (unpaired) electrons. The summed E-state index contributed by atoms with van der Waals surface area (Å²) in [4.78, 5) is 28.7.